The molecule has 0 saturated carbocycles. The van der Waals surface area contributed by atoms with Crippen LogP contribution in [0.25, 0.3) is 0 Å². The zero-order valence-corrected chi connectivity index (χ0v) is 22.9. The number of carboxylic acid groups (broad SMARTS) is 2. The van der Waals surface area contributed by atoms with E-state index in [4.69, 9.17) is 24.5 Å². The second kappa shape index (κ2) is 14.3. The van der Waals surface area contributed by atoms with Crippen LogP contribution in [0.2, 0.25) is 0 Å². The molecule has 4 rings (SSSR count). The van der Waals surface area contributed by atoms with E-state index in [-0.39, 0.29) is 11.8 Å². The lowest BCUT2D eigenvalue weighted by atomic mass is 9.88. The third kappa shape index (κ3) is 9.93. The number of carboxylic acids is 2. The van der Waals surface area contributed by atoms with Crippen LogP contribution in [0.3, 0.4) is 0 Å². The standard InChI is InChI=1S/C21H27N5O3.2C2HF3O2/c1-15(2)12-24-18(27)17-14-26-11-8-23-20(26)21(29-17)5-9-25(10-6-21)19(28)16-4-3-7-22-13-16;2*3-2(4,5)1(6)7/h3-4,7-8,11,13,15,17H,5-6,9-10,12,14H2,1-2H3,(H,24,27);2*(H,6,7). The monoisotopic (exact) mass is 625 g/mol. The summed E-state index contributed by atoms with van der Waals surface area (Å²) < 4.78 is 71.9. The number of piperidine rings is 1. The van der Waals surface area contributed by atoms with Gasteiger partial charge in [0.2, 0.25) is 0 Å². The zero-order chi connectivity index (χ0) is 32.6. The van der Waals surface area contributed by atoms with Gasteiger partial charge in [0.1, 0.15) is 11.4 Å². The Morgan fingerprint density at radius 2 is 1.60 bits per heavy atom. The number of halogens is 6. The van der Waals surface area contributed by atoms with Crippen LogP contribution in [0, 0.1) is 5.92 Å². The molecule has 1 spiro atoms. The van der Waals surface area contributed by atoms with Gasteiger partial charge in [0.05, 0.1) is 12.1 Å². The molecule has 0 radical (unpaired) electrons. The number of fused-ring (bicyclic) bond motifs is 2. The van der Waals surface area contributed by atoms with E-state index >= 15 is 0 Å². The summed E-state index contributed by atoms with van der Waals surface area (Å²) in [6, 6.07) is 3.54. The summed E-state index contributed by atoms with van der Waals surface area (Å²) in [6.07, 6.45) is -2.63. The maximum absolute atomic E-state index is 12.7. The predicted octanol–water partition coefficient (Wildman–Crippen LogP) is 2.85. The van der Waals surface area contributed by atoms with E-state index in [9.17, 15) is 35.9 Å². The maximum atomic E-state index is 12.7. The summed E-state index contributed by atoms with van der Waals surface area (Å²) in [4.78, 5) is 53.6. The van der Waals surface area contributed by atoms with Gasteiger partial charge in [-0.2, -0.15) is 26.3 Å². The Labute approximate surface area is 240 Å². The van der Waals surface area contributed by atoms with Gasteiger partial charge in [-0.25, -0.2) is 14.6 Å². The topological polar surface area (TPSA) is 164 Å². The SMILES string of the molecule is CC(C)CNC(=O)C1Cn2ccnc2C2(CCN(C(=O)c3cccnc3)CC2)O1.O=C(O)C(F)(F)F.O=C(O)C(F)(F)F. The summed E-state index contributed by atoms with van der Waals surface area (Å²) in [6.45, 7) is 6.29. The number of alkyl halides is 6. The second-order valence-electron chi connectivity index (χ2n) is 9.78. The molecule has 0 aromatic carbocycles. The van der Waals surface area contributed by atoms with Crippen LogP contribution in [0.4, 0.5) is 26.3 Å². The number of hydrogen-bond donors (Lipinski definition) is 3. The number of hydrogen-bond acceptors (Lipinski definition) is 7. The average Bonchev–Trinajstić information content (AvgIpc) is 3.42. The molecule has 1 unspecified atom stereocenters. The van der Waals surface area contributed by atoms with Crippen LogP contribution >= 0.6 is 0 Å². The second-order valence-corrected chi connectivity index (χ2v) is 9.78. The van der Waals surface area contributed by atoms with Crippen molar-refractivity contribution in [2.45, 2.75) is 57.3 Å². The van der Waals surface area contributed by atoms with E-state index in [2.05, 4.69) is 29.1 Å². The first kappa shape index (κ1) is 35.0. The zero-order valence-electron chi connectivity index (χ0n) is 22.9. The highest BCUT2D eigenvalue weighted by Crippen LogP contribution is 2.40. The predicted molar refractivity (Wildman–Crippen MR) is 133 cm³/mol. The number of likely N-dealkylation sites (tertiary alicyclic amines) is 1. The molecule has 1 fully saturated rings. The van der Waals surface area contributed by atoms with Crippen LogP contribution in [0.1, 0.15) is 42.9 Å². The molecule has 238 valence electrons. The molecule has 2 aliphatic rings. The third-order valence-electron chi connectivity index (χ3n) is 6.08. The van der Waals surface area contributed by atoms with E-state index in [0.717, 1.165) is 5.82 Å². The Kier molecular flexibility index (Phi) is 11.6. The van der Waals surface area contributed by atoms with Crippen molar-refractivity contribution in [2.75, 3.05) is 19.6 Å². The minimum absolute atomic E-state index is 0.0293. The van der Waals surface area contributed by atoms with Gasteiger partial charge < -0.3 is 29.7 Å². The number of nitrogens with one attached hydrogen (secondary N) is 1. The molecule has 18 heteroatoms. The average molecular weight is 626 g/mol. The van der Waals surface area contributed by atoms with Gasteiger partial charge in [-0.05, 0) is 18.1 Å². The molecule has 0 aliphatic carbocycles. The van der Waals surface area contributed by atoms with Crippen LogP contribution in [0.5, 0.6) is 0 Å². The van der Waals surface area contributed by atoms with Crippen LogP contribution in [0.15, 0.2) is 36.9 Å². The van der Waals surface area contributed by atoms with Crippen molar-refractivity contribution >= 4 is 23.8 Å². The van der Waals surface area contributed by atoms with Gasteiger partial charge in [-0.3, -0.25) is 14.6 Å². The number of aromatic nitrogens is 3. The van der Waals surface area contributed by atoms with E-state index < -0.39 is 36.0 Å². The van der Waals surface area contributed by atoms with Gasteiger partial charge in [-0.15, -0.1) is 0 Å². The lowest BCUT2D eigenvalue weighted by molar-refractivity contribution is -0.193. The van der Waals surface area contributed by atoms with E-state index in [1.807, 2.05) is 15.7 Å². The molecule has 2 aromatic rings. The number of pyridine rings is 1. The molecule has 2 aromatic heterocycles. The van der Waals surface area contributed by atoms with Crippen LogP contribution in [-0.2, 0) is 31.3 Å². The van der Waals surface area contributed by atoms with Crippen molar-refractivity contribution in [2.24, 2.45) is 5.92 Å². The van der Waals surface area contributed by atoms with Gasteiger partial charge >= 0.3 is 24.3 Å². The summed E-state index contributed by atoms with van der Waals surface area (Å²) in [5, 5.41) is 17.2. The molecule has 3 N–H and O–H groups in total. The number of aliphatic carboxylic acids is 2. The van der Waals surface area contributed by atoms with Crippen molar-refractivity contribution in [3.05, 3.63) is 48.3 Å². The Balaban J connectivity index is 0.000000384. The molecule has 2 amide bonds. The van der Waals surface area contributed by atoms with Gasteiger partial charge in [-0.1, -0.05) is 13.8 Å². The minimum atomic E-state index is -5.08. The number of carbonyl (C=O) groups excluding carboxylic acids is 2. The molecule has 12 nitrogen and oxygen atoms in total. The molecule has 43 heavy (non-hydrogen) atoms. The summed E-state index contributed by atoms with van der Waals surface area (Å²) >= 11 is 0. The Hall–Kier alpha value is -4.22. The molecule has 4 heterocycles. The summed E-state index contributed by atoms with van der Waals surface area (Å²) in [5.41, 5.74) is -0.0618. The highest BCUT2D eigenvalue weighted by Gasteiger charge is 2.47. The highest BCUT2D eigenvalue weighted by molar-refractivity contribution is 5.94. The maximum Gasteiger partial charge on any atom is 0.490 e. The highest BCUT2D eigenvalue weighted by atomic mass is 19.4. The molecule has 2 aliphatic heterocycles. The first-order valence-corrected chi connectivity index (χ1v) is 12.6. The normalized spacial score (nSPS) is 17.5. The smallest absolute Gasteiger partial charge is 0.475 e. The first-order chi connectivity index (χ1) is 19.9. The van der Waals surface area contributed by atoms with Crippen LogP contribution in [-0.4, -0.2) is 91.5 Å². The van der Waals surface area contributed by atoms with E-state index in [0.29, 0.717) is 50.5 Å². The summed E-state index contributed by atoms with van der Waals surface area (Å²) in [7, 11) is 0. The van der Waals surface area contributed by atoms with Crippen molar-refractivity contribution in [1.82, 2.24) is 24.8 Å². The van der Waals surface area contributed by atoms with E-state index in [1.165, 1.54) is 0 Å². The fourth-order valence-electron chi connectivity index (χ4n) is 4.04. The van der Waals surface area contributed by atoms with Crippen molar-refractivity contribution in [3.63, 3.8) is 0 Å². The Bertz CT molecular complexity index is 1240. The minimum Gasteiger partial charge on any atom is -0.475 e. The lowest BCUT2D eigenvalue weighted by Crippen LogP contribution is -2.55. The van der Waals surface area contributed by atoms with Gasteiger partial charge in [0.15, 0.2) is 6.10 Å². The number of carbonyl (C=O) groups is 4. The quantitative estimate of drug-likeness (QED) is 0.434. The third-order valence-corrected chi connectivity index (χ3v) is 6.08. The Morgan fingerprint density at radius 3 is 2.07 bits per heavy atom. The first-order valence-electron chi connectivity index (χ1n) is 12.6. The fourth-order valence-corrected chi connectivity index (χ4v) is 4.04. The molecular formula is C25H29F6N5O7. The molecule has 1 atom stereocenters. The number of ether oxygens (including phenoxy) is 1. The molecule has 0 bridgehead atoms. The fraction of sp³-hybridized carbons (Fsp3) is 0.520. The Morgan fingerprint density at radius 1 is 1.05 bits per heavy atom. The number of nitrogens with zero attached hydrogens (tertiary/aromatic N) is 4. The van der Waals surface area contributed by atoms with Gasteiger partial charge in [0, 0.05) is 57.3 Å². The van der Waals surface area contributed by atoms with Crippen molar-refractivity contribution in [3.8, 4) is 0 Å². The molecule has 1 saturated heterocycles. The van der Waals surface area contributed by atoms with Crippen molar-refractivity contribution in [1.29, 1.82) is 0 Å². The lowest BCUT2D eigenvalue weighted by Gasteiger charge is -2.45. The number of amides is 2. The van der Waals surface area contributed by atoms with Crippen LogP contribution < -0.4 is 5.32 Å². The molecular weight excluding hydrogens is 596 g/mol. The van der Waals surface area contributed by atoms with Gasteiger partial charge in [0.25, 0.3) is 11.8 Å². The largest absolute Gasteiger partial charge is 0.490 e. The van der Waals surface area contributed by atoms with Crippen molar-refractivity contribution < 1.29 is 60.5 Å². The van der Waals surface area contributed by atoms with E-state index in [1.54, 1.807) is 30.7 Å². The number of rotatable bonds is 4. The summed E-state index contributed by atoms with van der Waals surface area (Å²) in [5.74, 6) is -4.41. The number of imidazole rings is 1.